The Morgan fingerprint density at radius 2 is 0.929 bits per heavy atom. The van der Waals surface area contributed by atoms with E-state index in [0.717, 1.165) is 0 Å². The molecule has 2 aromatic carbocycles. The fourth-order valence-electron chi connectivity index (χ4n) is 1.98. The van der Waals surface area contributed by atoms with E-state index in [-0.39, 0.29) is 18.5 Å². The standard InChI is InChI=1S/C12H10.C6H8O7.3H3N/c1-3-7-11(8-4-1)12-9-5-2-6-10-12;7-3(8)1-6(13,5(11)12)2-4(9)10;;;/h1-10H;13H,1-2H2,(H,7,8)(H,9,10)(H,11,12);3*1H3. The van der Waals surface area contributed by atoms with Gasteiger partial charge in [-0.05, 0) is 11.1 Å². The van der Waals surface area contributed by atoms with Crippen LogP contribution in [0.3, 0.4) is 0 Å². The lowest BCUT2D eigenvalue weighted by molar-refractivity contribution is -0.170. The van der Waals surface area contributed by atoms with Gasteiger partial charge in [0.15, 0.2) is 5.60 Å². The number of carboxylic acids is 3. The molecule has 0 atom stereocenters. The fraction of sp³-hybridized carbons (Fsp3) is 0.167. The zero-order valence-corrected chi connectivity index (χ0v) is 15.3. The van der Waals surface area contributed by atoms with Gasteiger partial charge in [-0.1, -0.05) is 60.7 Å². The number of hydrogen-bond donors (Lipinski definition) is 7. The molecule has 0 bridgehead atoms. The van der Waals surface area contributed by atoms with Gasteiger partial charge in [0, 0.05) is 0 Å². The van der Waals surface area contributed by atoms with Crippen molar-refractivity contribution in [2.24, 2.45) is 0 Å². The quantitative estimate of drug-likeness (QED) is 0.375. The van der Waals surface area contributed by atoms with Crippen molar-refractivity contribution in [3.63, 3.8) is 0 Å². The van der Waals surface area contributed by atoms with Gasteiger partial charge >= 0.3 is 17.9 Å². The van der Waals surface area contributed by atoms with E-state index in [2.05, 4.69) is 48.5 Å². The van der Waals surface area contributed by atoms with Gasteiger partial charge in [-0.3, -0.25) is 9.59 Å². The molecule has 28 heavy (non-hydrogen) atoms. The van der Waals surface area contributed by atoms with Crippen LogP contribution in [0, 0.1) is 0 Å². The summed E-state index contributed by atoms with van der Waals surface area (Å²) in [6, 6.07) is 20.8. The van der Waals surface area contributed by atoms with Gasteiger partial charge in [0.25, 0.3) is 0 Å². The maximum atomic E-state index is 10.3. The van der Waals surface area contributed by atoms with Crippen molar-refractivity contribution in [2.45, 2.75) is 18.4 Å². The van der Waals surface area contributed by atoms with E-state index < -0.39 is 36.4 Å². The highest BCUT2D eigenvalue weighted by Crippen LogP contribution is 2.17. The van der Waals surface area contributed by atoms with Gasteiger partial charge in [0.2, 0.25) is 0 Å². The fourth-order valence-corrected chi connectivity index (χ4v) is 1.98. The molecule has 0 saturated heterocycles. The van der Waals surface area contributed by atoms with E-state index >= 15 is 0 Å². The Morgan fingerprint density at radius 3 is 1.14 bits per heavy atom. The van der Waals surface area contributed by atoms with Gasteiger partial charge in [0.1, 0.15) is 0 Å². The average Bonchev–Trinajstić information content (AvgIpc) is 2.55. The van der Waals surface area contributed by atoms with Crippen LogP contribution >= 0.6 is 0 Å². The third kappa shape index (κ3) is 9.99. The molecule has 13 N–H and O–H groups in total. The van der Waals surface area contributed by atoms with Crippen molar-refractivity contribution in [1.29, 1.82) is 0 Å². The Labute approximate surface area is 162 Å². The van der Waals surface area contributed by atoms with Crippen molar-refractivity contribution in [2.75, 3.05) is 0 Å². The van der Waals surface area contributed by atoms with E-state index in [4.69, 9.17) is 20.4 Å². The van der Waals surface area contributed by atoms with E-state index in [1.54, 1.807) is 0 Å². The first-order chi connectivity index (χ1) is 11.7. The first kappa shape index (κ1) is 29.5. The molecule has 156 valence electrons. The van der Waals surface area contributed by atoms with Crippen LogP contribution in [0.25, 0.3) is 11.1 Å². The van der Waals surface area contributed by atoms with E-state index in [0.29, 0.717) is 0 Å². The first-order valence-electron chi connectivity index (χ1n) is 7.24. The maximum Gasteiger partial charge on any atom is 0.336 e. The summed E-state index contributed by atoms with van der Waals surface area (Å²) in [7, 11) is 0. The predicted molar refractivity (Wildman–Crippen MR) is 104 cm³/mol. The second kappa shape index (κ2) is 13.8. The topological polar surface area (TPSA) is 237 Å². The van der Waals surface area contributed by atoms with Crippen LogP contribution in [0.1, 0.15) is 12.8 Å². The van der Waals surface area contributed by atoms with Crippen LogP contribution in [-0.2, 0) is 14.4 Å². The molecule has 10 heteroatoms. The lowest BCUT2D eigenvalue weighted by Crippen LogP contribution is -2.42. The number of rotatable bonds is 6. The summed E-state index contributed by atoms with van der Waals surface area (Å²) in [5, 5.41) is 33.8. The molecule has 0 radical (unpaired) electrons. The number of carboxylic acid groups (broad SMARTS) is 3. The average molecular weight is 397 g/mol. The molecule has 0 fully saturated rings. The summed E-state index contributed by atoms with van der Waals surface area (Å²) in [4.78, 5) is 30.5. The zero-order chi connectivity index (χ0) is 18.9. The van der Waals surface area contributed by atoms with Crippen LogP contribution in [0.4, 0.5) is 0 Å². The highest BCUT2D eigenvalue weighted by Gasteiger charge is 2.40. The highest BCUT2D eigenvalue weighted by atomic mass is 16.4. The smallest absolute Gasteiger partial charge is 0.336 e. The van der Waals surface area contributed by atoms with Crippen LogP contribution in [-0.4, -0.2) is 43.9 Å². The summed E-state index contributed by atoms with van der Waals surface area (Å²) < 4.78 is 0. The second-order valence-electron chi connectivity index (χ2n) is 5.21. The molecular weight excluding hydrogens is 370 g/mol. The minimum atomic E-state index is -2.74. The van der Waals surface area contributed by atoms with Gasteiger partial charge < -0.3 is 38.9 Å². The Hall–Kier alpha value is -3.31. The van der Waals surface area contributed by atoms with Crippen molar-refractivity contribution >= 4 is 17.9 Å². The Balaban J connectivity index is -0.000000403. The lowest BCUT2D eigenvalue weighted by atomic mass is 9.96. The van der Waals surface area contributed by atoms with E-state index in [9.17, 15) is 14.4 Å². The number of hydrogen-bond acceptors (Lipinski definition) is 7. The summed E-state index contributed by atoms with van der Waals surface area (Å²) in [5.41, 5.74) is -0.186. The molecule has 0 unspecified atom stereocenters. The summed E-state index contributed by atoms with van der Waals surface area (Å²) in [6.07, 6.45) is -2.29. The Bertz CT molecular complexity index is 671. The molecule has 0 aliphatic carbocycles. The second-order valence-corrected chi connectivity index (χ2v) is 5.21. The number of benzene rings is 2. The third-order valence-electron chi connectivity index (χ3n) is 3.17. The van der Waals surface area contributed by atoms with E-state index in [1.165, 1.54) is 11.1 Å². The molecule has 0 amide bonds. The Kier molecular flexibility index (Phi) is 14.6. The molecule has 0 heterocycles. The van der Waals surface area contributed by atoms with Crippen molar-refractivity contribution in [3.8, 4) is 11.1 Å². The first-order valence-corrected chi connectivity index (χ1v) is 7.24. The molecule has 0 saturated carbocycles. The van der Waals surface area contributed by atoms with Crippen LogP contribution in [0.2, 0.25) is 0 Å². The summed E-state index contributed by atoms with van der Waals surface area (Å²) >= 11 is 0. The maximum absolute atomic E-state index is 10.3. The van der Waals surface area contributed by atoms with Crippen molar-refractivity contribution in [1.82, 2.24) is 18.5 Å². The molecule has 0 aliphatic rings. The molecule has 0 aliphatic heterocycles. The molecule has 0 aromatic heterocycles. The monoisotopic (exact) mass is 397 g/mol. The van der Waals surface area contributed by atoms with Crippen LogP contribution in [0.5, 0.6) is 0 Å². The van der Waals surface area contributed by atoms with E-state index in [1.807, 2.05) is 12.1 Å². The lowest BCUT2D eigenvalue weighted by Gasteiger charge is -2.18. The van der Waals surface area contributed by atoms with Crippen LogP contribution in [0.15, 0.2) is 60.7 Å². The summed E-state index contributed by atoms with van der Waals surface area (Å²) in [6.45, 7) is 0. The minimum Gasteiger partial charge on any atom is -0.481 e. The number of carbonyl (C=O) groups is 3. The predicted octanol–water partition coefficient (Wildman–Crippen LogP) is 2.59. The number of aliphatic carboxylic acids is 3. The normalized spacial score (nSPS) is 9.18. The zero-order valence-electron chi connectivity index (χ0n) is 15.3. The molecular formula is C18H27N3O7. The number of aliphatic hydroxyl groups is 1. The molecule has 2 aromatic rings. The van der Waals surface area contributed by atoms with Gasteiger partial charge in [-0.25, -0.2) is 4.79 Å². The minimum absolute atomic E-state index is 0. The highest BCUT2D eigenvalue weighted by molar-refractivity contribution is 5.88. The largest absolute Gasteiger partial charge is 0.481 e. The van der Waals surface area contributed by atoms with Crippen molar-refractivity contribution < 1.29 is 34.8 Å². The molecule has 0 spiro atoms. The van der Waals surface area contributed by atoms with Gasteiger partial charge in [0.05, 0.1) is 12.8 Å². The third-order valence-corrected chi connectivity index (χ3v) is 3.17. The molecule has 2 rings (SSSR count). The molecule has 10 nitrogen and oxygen atoms in total. The Morgan fingerprint density at radius 1 is 0.643 bits per heavy atom. The van der Waals surface area contributed by atoms with Gasteiger partial charge in [-0.2, -0.15) is 0 Å². The SMILES string of the molecule is N.N.N.O=C(O)CC(O)(CC(=O)O)C(=O)O.c1ccc(-c2ccccc2)cc1. The van der Waals surface area contributed by atoms with Gasteiger partial charge in [-0.15, -0.1) is 0 Å². The van der Waals surface area contributed by atoms with Crippen molar-refractivity contribution in [3.05, 3.63) is 60.7 Å². The van der Waals surface area contributed by atoms with Crippen LogP contribution < -0.4 is 18.5 Å². The summed E-state index contributed by atoms with van der Waals surface area (Å²) in [5.74, 6) is -5.02.